The molecule has 140 valence electrons. The molecule has 0 aliphatic rings. The van der Waals surface area contributed by atoms with Crippen LogP contribution in [0.15, 0.2) is 15.5 Å². The highest BCUT2D eigenvalue weighted by molar-refractivity contribution is 6.03. The Hall–Kier alpha value is -3.17. The van der Waals surface area contributed by atoms with Crippen molar-refractivity contribution in [3.8, 4) is 0 Å². The molecule has 26 heavy (non-hydrogen) atoms. The average Bonchev–Trinajstić information content (AvgIpc) is 2.86. The molecule has 0 fully saturated rings. The maximum absolute atomic E-state index is 12.6. The first kappa shape index (κ1) is 19.2. The molecule has 0 bridgehead atoms. The number of hydrogen-bond acceptors (Lipinski definition) is 7. The van der Waals surface area contributed by atoms with Gasteiger partial charge in [-0.15, -0.1) is 0 Å². The summed E-state index contributed by atoms with van der Waals surface area (Å²) >= 11 is 0. The molecule has 0 aliphatic heterocycles. The van der Waals surface area contributed by atoms with Gasteiger partial charge in [-0.3, -0.25) is 19.5 Å². The molecule has 10 nitrogen and oxygen atoms in total. The fraction of sp³-hybridized carbons (Fsp3) is 0.438. The zero-order chi connectivity index (χ0) is 19.4. The predicted molar refractivity (Wildman–Crippen MR) is 90.8 cm³/mol. The van der Waals surface area contributed by atoms with Crippen molar-refractivity contribution in [2.24, 2.45) is 0 Å². The van der Waals surface area contributed by atoms with Gasteiger partial charge in [-0.25, -0.2) is 14.6 Å². The van der Waals surface area contributed by atoms with Crippen molar-refractivity contribution in [1.82, 2.24) is 20.2 Å². The van der Waals surface area contributed by atoms with Gasteiger partial charge < -0.3 is 14.5 Å². The standard InChI is InChI=1S/C16H20N4O6/c1-5-25-15(23)11-9(4)26-13-12(11)14(22)20(7-17-13)6-10(21)19-16(24)18-8(2)3/h7-8H,5-6H2,1-4H3,(H2,18,19,21,24). The van der Waals surface area contributed by atoms with Crippen LogP contribution in [0, 0.1) is 6.92 Å². The Bertz CT molecular complexity index is 911. The molecule has 0 spiro atoms. The second kappa shape index (κ2) is 7.81. The molecule has 2 heterocycles. The molecule has 0 saturated heterocycles. The number of aryl methyl sites for hydroxylation is 1. The smallest absolute Gasteiger partial charge is 0.342 e. The SMILES string of the molecule is CCOC(=O)c1c(C)oc2ncn(CC(=O)NC(=O)NC(C)C)c(=O)c12. The minimum Gasteiger partial charge on any atom is -0.462 e. The summed E-state index contributed by atoms with van der Waals surface area (Å²) < 4.78 is 11.2. The summed E-state index contributed by atoms with van der Waals surface area (Å²) in [7, 11) is 0. The van der Waals surface area contributed by atoms with Gasteiger partial charge in [0.25, 0.3) is 5.56 Å². The van der Waals surface area contributed by atoms with Crippen LogP contribution >= 0.6 is 0 Å². The number of nitrogens with one attached hydrogen (secondary N) is 2. The maximum Gasteiger partial charge on any atom is 0.342 e. The van der Waals surface area contributed by atoms with Crippen molar-refractivity contribution in [1.29, 1.82) is 0 Å². The number of amides is 3. The van der Waals surface area contributed by atoms with E-state index in [1.165, 1.54) is 6.92 Å². The number of imide groups is 1. The van der Waals surface area contributed by atoms with E-state index in [2.05, 4.69) is 15.6 Å². The number of nitrogens with zero attached hydrogens (tertiary/aromatic N) is 2. The Balaban J connectivity index is 2.32. The second-order valence-electron chi connectivity index (χ2n) is 5.79. The van der Waals surface area contributed by atoms with E-state index in [9.17, 15) is 19.2 Å². The van der Waals surface area contributed by atoms with Crippen molar-refractivity contribution in [3.63, 3.8) is 0 Å². The Morgan fingerprint density at radius 3 is 2.65 bits per heavy atom. The third kappa shape index (κ3) is 4.08. The van der Waals surface area contributed by atoms with Crippen LogP contribution in [0.2, 0.25) is 0 Å². The molecule has 2 aromatic rings. The van der Waals surface area contributed by atoms with Crippen LogP contribution in [0.5, 0.6) is 0 Å². The summed E-state index contributed by atoms with van der Waals surface area (Å²) in [5.41, 5.74) is -0.689. The minimum absolute atomic E-state index is 0.0216. The number of aromatic nitrogens is 2. The molecule has 2 aromatic heterocycles. The molecule has 0 saturated carbocycles. The number of fused-ring (bicyclic) bond motifs is 1. The van der Waals surface area contributed by atoms with Gasteiger partial charge >= 0.3 is 12.0 Å². The molecule has 0 unspecified atom stereocenters. The largest absolute Gasteiger partial charge is 0.462 e. The first-order chi connectivity index (χ1) is 12.2. The van der Waals surface area contributed by atoms with Gasteiger partial charge in [0.2, 0.25) is 11.6 Å². The van der Waals surface area contributed by atoms with Crippen LogP contribution in [-0.4, -0.2) is 40.1 Å². The highest BCUT2D eigenvalue weighted by Gasteiger charge is 2.24. The zero-order valence-electron chi connectivity index (χ0n) is 14.9. The Labute approximate surface area is 148 Å². The lowest BCUT2D eigenvalue weighted by Crippen LogP contribution is -2.44. The molecular weight excluding hydrogens is 344 g/mol. The topological polar surface area (TPSA) is 133 Å². The first-order valence-corrected chi connectivity index (χ1v) is 8.00. The van der Waals surface area contributed by atoms with Gasteiger partial charge in [0.15, 0.2) is 0 Å². The molecule has 0 radical (unpaired) electrons. The molecule has 0 aromatic carbocycles. The fourth-order valence-corrected chi connectivity index (χ4v) is 2.32. The lowest BCUT2D eigenvalue weighted by atomic mass is 10.2. The minimum atomic E-state index is -0.707. The van der Waals surface area contributed by atoms with E-state index in [1.54, 1.807) is 20.8 Å². The zero-order valence-corrected chi connectivity index (χ0v) is 14.9. The quantitative estimate of drug-likeness (QED) is 0.747. The van der Waals surface area contributed by atoms with Gasteiger partial charge in [0.05, 0.1) is 6.61 Å². The van der Waals surface area contributed by atoms with Crippen molar-refractivity contribution < 1.29 is 23.5 Å². The Morgan fingerprint density at radius 2 is 2.04 bits per heavy atom. The third-order valence-corrected chi connectivity index (χ3v) is 3.32. The normalized spacial score (nSPS) is 10.8. The van der Waals surface area contributed by atoms with Crippen LogP contribution in [-0.2, 0) is 16.1 Å². The summed E-state index contributed by atoms with van der Waals surface area (Å²) in [6.45, 7) is 6.32. The van der Waals surface area contributed by atoms with E-state index in [-0.39, 0.29) is 35.1 Å². The predicted octanol–water partition coefficient (Wildman–Crippen LogP) is 0.709. The van der Waals surface area contributed by atoms with E-state index < -0.39 is 30.0 Å². The number of carbonyl (C=O) groups excluding carboxylic acids is 3. The summed E-state index contributed by atoms with van der Waals surface area (Å²) in [5.74, 6) is -1.22. The highest BCUT2D eigenvalue weighted by Crippen LogP contribution is 2.21. The van der Waals surface area contributed by atoms with Crippen molar-refractivity contribution in [3.05, 3.63) is 28.0 Å². The molecule has 2 N–H and O–H groups in total. The van der Waals surface area contributed by atoms with Gasteiger partial charge in [-0.1, -0.05) is 0 Å². The number of esters is 1. The third-order valence-electron chi connectivity index (χ3n) is 3.32. The molecule has 0 atom stereocenters. The lowest BCUT2D eigenvalue weighted by molar-refractivity contribution is -0.120. The van der Waals surface area contributed by atoms with Crippen LogP contribution in [0.25, 0.3) is 11.1 Å². The fourth-order valence-electron chi connectivity index (χ4n) is 2.32. The summed E-state index contributed by atoms with van der Waals surface area (Å²) in [6, 6.07) is -0.817. The monoisotopic (exact) mass is 364 g/mol. The van der Waals surface area contributed by atoms with Gasteiger partial charge in [-0.2, -0.15) is 0 Å². The van der Waals surface area contributed by atoms with E-state index in [4.69, 9.17) is 9.15 Å². The van der Waals surface area contributed by atoms with Gasteiger partial charge in [0.1, 0.15) is 29.6 Å². The average molecular weight is 364 g/mol. The van der Waals surface area contributed by atoms with Gasteiger partial charge in [-0.05, 0) is 27.7 Å². The van der Waals surface area contributed by atoms with Crippen molar-refractivity contribution >= 4 is 29.0 Å². The second-order valence-corrected chi connectivity index (χ2v) is 5.79. The summed E-state index contributed by atoms with van der Waals surface area (Å²) in [4.78, 5) is 52.2. The summed E-state index contributed by atoms with van der Waals surface area (Å²) in [5, 5.41) is 4.53. The number of ether oxygens (including phenoxy) is 1. The number of furan rings is 1. The molecule has 2 rings (SSSR count). The summed E-state index contributed by atoms with van der Waals surface area (Å²) in [6.07, 6.45) is 1.11. The van der Waals surface area contributed by atoms with Crippen molar-refractivity contribution in [2.45, 2.75) is 40.3 Å². The molecule has 3 amide bonds. The van der Waals surface area contributed by atoms with Crippen molar-refractivity contribution in [2.75, 3.05) is 6.61 Å². The highest BCUT2D eigenvalue weighted by atomic mass is 16.5. The van der Waals surface area contributed by atoms with E-state index >= 15 is 0 Å². The maximum atomic E-state index is 12.6. The number of rotatable bonds is 5. The molecule has 0 aliphatic carbocycles. The van der Waals surface area contributed by atoms with Crippen LogP contribution in [0.1, 0.15) is 36.9 Å². The molecule has 10 heteroatoms. The molecular formula is C16H20N4O6. The van der Waals surface area contributed by atoms with Crippen LogP contribution in [0.3, 0.4) is 0 Å². The first-order valence-electron chi connectivity index (χ1n) is 8.00. The van der Waals surface area contributed by atoms with Gasteiger partial charge in [0, 0.05) is 6.04 Å². The number of hydrogen-bond donors (Lipinski definition) is 2. The lowest BCUT2D eigenvalue weighted by Gasteiger charge is -2.09. The van der Waals surface area contributed by atoms with Crippen LogP contribution < -0.4 is 16.2 Å². The Morgan fingerprint density at radius 1 is 1.35 bits per heavy atom. The van der Waals surface area contributed by atoms with Crippen LogP contribution in [0.4, 0.5) is 4.79 Å². The van der Waals surface area contributed by atoms with E-state index in [0.29, 0.717) is 0 Å². The number of carbonyl (C=O) groups is 3. The Kier molecular flexibility index (Phi) is 5.75. The van der Waals surface area contributed by atoms with E-state index in [0.717, 1.165) is 10.9 Å². The number of urea groups is 1. The van der Waals surface area contributed by atoms with E-state index in [1.807, 2.05) is 0 Å².